The Morgan fingerprint density at radius 3 is 2.79 bits per heavy atom. The van der Waals surface area contributed by atoms with Gasteiger partial charge in [-0.1, -0.05) is 0 Å². The van der Waals surface area contributed by atoms with Gasteiger partial charge in [0, 0.05) is 13.0 Å². The second kappa shape index (κ2) is 4.56. The molecule has 1 saturated heterocycles. The van der Waals surface area contributed by atoms with Crippen LogP contribution in [0.15, 0.2) is 6.20 Å². The highest BCUT2D eigenvalue weighted by molar-refractivity contribution is 7.89. The van der Waals surface area contributed by atoms with E-state index in [1.165, 1.54) is 11.1 Å². The van der Waals surface area contributed by atoms with Gasteiger partial charge in [0.15, 0.2) is 5.82 Å². The van der Waals surface area contributed by atoms with Crippen molar-refractivity contribution < 1.29 is 13.2 Å². The van der Waals surface area contributed by atoms with E-state index in [9.17, 15) is 13.2 Å². The van der Waals surface area contributed by atoms with Crippen molar-refractivity contribution in [1.29, 1.82) is 5.26 Å². The number of rotatable bonds is 2. The van der Waals surface area contributed by atoms with Gasteiger partial charge in [-0.3, -0.25) is 9.69 Å². The van der Waals surface area contributed by atoms with E-state index >= 15 is 0 Å². The summed E-state index contributed by atoms with van der Waals surface area (Å²) < 4.78 is 22.6. The number of hydrogen-bond acceptors (Lipinski definition) is 6. The lowest BCUT2D eigenvalue weighted by molar-refractivity contribution is -0.117. The second-order valence-electron chi connectivity index (χ2n) is 4.19. The molecule has 1 fully saturated rings. The van der Waals surface area contributed by atoms with Crippen LogP contribution in [0.1, 0.15) is 17.8 Å². The molecule has 1 amide bonds. The fraction of sp³-hybridized carbons (Fsp3) is 0.400. The highest BCUT2D eigenvalue weighted by Crippen LogP contribution is 2.25. The molecule has 8 nitrogen and oxygen atoms in total. The number of sulfonamides is 1. The van der Waals surface area contributed by atoms with E-state index in [0.717, 1.165) is 0 Å². The normalized spacial score (nSPS) is 19.5. The minimum atomic E-state index is -3.79. The van der Waals surface area contributed by atoms with Crippen LogP contribution in [-0.2, 0) is 14.8 Å². The Balaban J connectivity index is 2.42. The molecule has 1 aliphatic rings. The molecule has 0 radical (unpaired) electrons. The molecule has 0 bridgehead atoms. The maximum Gasteiger partial charge on any atom is 0.229 e. The molecule has 2 N–H and O–H groups in total. The highest BCUT2D eigenvalue weighted by atomic mass is 32.2. The zero-order valence-electron chi connectivity index (χ0n) is 10.1. The number of carbonyl (C=O) groups is 1. The monoisotopic (exact) mass is 281 g/mol. The Morgan fingerprint density at radius 2 is 2.26 bits per heavy atom. The average Bonchev–Trinajstić information content (AvgIpc) is 2.71. The summed E-state index contributed by atoms with van der Waals surface area (Å²) in [4.78, 5) is 20.9. The third kappa shape index (κ3) is 2.54. The van der Waals surface area contributed by atoms with Crippen molar-refractivity contribution in [2.45, 2.75) is 18.6 Å². The van der Waals surface area contributed by atoms with Crippen molar-refractivity contribution in [3.8, 4) is 6.07 Å². The van der Waals surface area contributed by atoms with Crippen LogP contribution >= 0.6 is 0 Å². The smallest absolute Gasteiger partial charge is 0.229 e. The van der Waals surface area contributed by atoms with Gasteiger partial charge in [-0.15, -0.1) is 0 Å². The first kappa shape index (κ1) is 13.4. The first-order valence-corrected chi connectivity index (χ1v) is 6.99. The Bertz CT molecular complexity index is 679. The van der Waals surface area contributed by atoms with E-state index in [1.807, 2.05) is 6.07 Å². The van der Waals surface area contributed by atoms with E-state index in [4.69, 9.17) is 10.4 Å². The largest absolute Gasteiger partial charge is 0.294 e. The van der Waals surface area contributed by atoms with Crippen LogP contribution in [0.2, 0.25) is 0 Å². The van der Waals surface area contributed by atoms with Crippen LogP contribution in [0.4, 0.5) is 5.82 Å². The van der Waals surface area contributed by atoms with Crippen molar-refractivity contribution >= 4 is 21.7 Å². The van der Waals surface area contributed by atoms with Gasteiger partial charge in [-0.05, 0) is 6.92 Å². The number of aromatic nitrogens is 2. The third-order valence-corrected chi connectivity index (χ3v) is 4.06. The predicted molar refractivity (Wildman–Crippen MR) is 65.3 cm³/mol. The zero-order valence-corrected chi connectivity index (χ0v) is 10.9. The minimum absolute atomic E-state index is 0.0944. The maximum absolute atomic E-state index is 11.8. The van der Waals surface area contributed by atoms with Gasteiger partial charge in [0.25, 0.3) is 0 Å². The van der Waals surface area contributed by atoms with E-state index in [0.29, 0.717) is 5.82 Å². The number of amides is 1. The molecule has 100 valence electrons. The summed E-state index contributed by atoms with van der Waals surface area (Å²) in [6.07, 6.45) is 1.10. The van der Waals surface area contributed by atoms with Crippen molar-refractivity contribution in [2.75, 3.05) is 11.4 Å². The lowest BCUT2D eigenvalue weighted by Crippen LogP contribution is -2.32. The highest BCUT2D eigenvalue weighted by Gasteiger charge is 2.38. The fourth-order valence-corrected chi connectivity index (χ4v) is 2.57. The summed E-state index contributed by atoms with van der Waals surface area (Å²) in [5.74, 6) is 0.0978. The molecule has 2 rings (SSSR count). The topological polar surface area (TPSA) is 130 Å². The van der Waals surface area contributed by atoms with Gasteiger partial charge in [0.1, 0.15) is 22.7 Å². The van der Waals surface area contributed by atoms with Crippen molar-refractivity contribution in [1.82, 2.24) is 9.97 Å². The summed E-state index contributed by atoms with van der Waals surface area (Å²) in [5.41, 5.74) is 0.119. The summed E-state index contributed by atoms with van der Waals surface area (Å²) in [7, 11) is -3.79. The molecule has 1 aliphatic heterocycles. The van der Waals surface area contributed by atoms with Gasteiger partial charge < -0.3 is 0 Å². The minimum Gasteiger partial charge on any atom is -0.294 e. The number of primary sulfonamides is 1. The van der Waals surface area contributed by atoms with Crippen molar-refractivity contribution in [3.63, 3.8) is 0 Å². The summed E-state index contributed by atoms with van der Waals surface area (Å²) in [5, 5.41) is 13.0. The van der Waals surface area contributed by atoms with Gasteiger partial charge in [-0.25, -0.2) is 23.5 Å². The Hall–Kier alpha value is -2.05. The average molecular weight is 281 g/mol. The van der Waals surface area contributed by atoms with Crippen LogP contribution in [0, 0.1) is 18.3 Å². The first-order valence-electron chi connectivity index (χ1n) is 5.38. The molecule has 0 saturated carbocycles. The zero-order chi connectivity index (χ0) is 14.2. The van der Waals surface area contributed by atoms with Crippen LogP contribution in [-0.4, -0.2) is 36.1 Å². The summed E-state index contributed by atoms with van der Waals surface area (Å²) in [6, 6.07) is 1.87. The SMILES string of the molecule is Cc1ncc(C#N)c(N2CC(S(N)(=O)=O)CC2=O)n1. The number of nitrogens with zero attached hydrogens (tertiary/aromatic N) is 4. The molecule has 1 atom stereocenters. The summed E-state index contributed by atoms with van der Waals surface area (Å²) in [6.45, 7) is 1.52. The number of aryl methyl sites for hydroxylation is 1. The number of carbonyl (C=O) groups excluding carboxylic acids is 1. The summed E-state index contributed by atoms with van der Waals surface area (Å²) >= 11 is 0. The van der Waals surface area contributed by atoms with Crippen molar-refractivity contribution in [3.05, 3.63) is 17.6 Å². The molecule has 9 heteroatoms. The quantitative estimate of drug-likeness (QED) is 0.743. The molecule has 0 spiro atoms. The molecule has 19 heavy (non-hydrogen) atoms. The molecule has 2 heterocycles. The van der Waals surface area contributed by atoms with Crippen LogP contribution < -0.4 is 10.0 Å². The lowest BCUT2D eigenvalue weighted by atomic mass is 10.3. The molecule has 0 aliphatic carbocycles. The molecular formula is C10H11N5O3S. The van der Waals surface area contributed by atoms with Crippen LogP contribution in [0.25, 0.3) is 0 Å². The molecule has 1 aromatic rings. The van der Waals surface area contributed by atoms with Gasteiger partial charge in [0.05, 0.1) is 6.20 Å². The van der Waals surface area contributed by atoms with E-state index in [2.05, 4.69) is 9.97 Å². The molecular weight excluding hydrogens is 270 g/mol. The fourth-order valence-electron chi connectivity index (χ4n) is 1.84. The van der Waals surface area contributed by atoms with E-state index in [-0.39, 0.29) is 24.3 Å². The molecule has 1 unspecified atom stereocenters. The second-order valence-corrected chi connectivity index (χ2v) is 6.03. The Kier molecular flexibility index (Phi) is 3.21. The van der Waals surface area contributed by atoms with Crippen molar-refractivity contribution in [2.24, 2.45) is 5.14 Å². The third-order valence-electron chi connectivity index (χ3n) is 2.82. The standard InChI is InChI=1S/C10H11N5O3S/c1-6-13-4-7(3-11)10(14-6)15-5-8(2-9(15)16)19(12,17)18/h4,8H,2,5H2,1H3,(H2,12,17,18). The van der Waals surface area contributed by atoms with Crippen LogP contribution in [0.5, 0.6) is 0 Å². The van der Waals surface area contributed by atoms with E-state index < -0.39 is 21.2 Å². The van der Waals surface area contributed by atoms with Gasteiger partial charge in [0.2, 0.25) is 15.9 Å². The van der Waals surface area contributed by atoms with Gasteiger partial charge >= 0.3 is 0 Å². The van der Waals surface area contributed by atoms with Crippen LogP contribution in [0.3, 0.4) is 0 Å². The number of anilines is 1. The molecule has 1 aromatic heterocycles. The predicted octanol–water partition coefficient (Wildman–Crippen LogP) is -0.950. The first-order chi connectivity index (χ1) is 8.82. The maximum atomic E-state index is 11.8. The number of nitriles is 1. The Labute approximate surface area is 109 Å². The number of nitrogens with two attached hydrogens (primary N) is 1. The van der Waals surface area contributed by atoms with Gasteiger partial charge in [-0.2, -0.15) is 5.26 Å². The lowest BCUT2D eigenvalue weighted by Gasteiger charge is -2.16. The Morgan fingerprint density at radius 1 is 1.58 bits per heavy atom. The van der Waals surface area contributed by atoms with E-state index in [1.54, 1.807) is 6.92 Å². The number of hydrogen-bond donors (Lipinski definition) is 1. The molecule has 0 aromatic carbocycles.